The van der Waals surface area contributed by atoms with Crippen LogP contribution in [0.2, 0.25) is 0 Å². The number of aromatic nitrogens is 2. The molecule has 0 amide bonds. The fourth-order valence-corrected chi connectivity index (χ4v) is 7.58. The lowest BCUT2D eigenvalue weighted by Crippen LogP contribution is -2.53. The van der Waals surface area contributed by atoms with Crippen LogP contribution in [0.15, 0.2) is 23.3 Å². The topological polar surface area (TPSA) is 66.2 Å². The maximum Gasteiger partial charge on any atom is 0.418 e. The number of rotatable bonds is 6. The first-order valence-electron chi connectivity index (χ1n) is 14.5. The Bertz CT molecular complexity index is 1260. The van der Waals surface area contributed by atoms with Gasteiger partial charge in [-0.25, -0.2) is 20.0 Å². The molecular formula is C28H40F4N6O2. The molecule has 5 heterocycles. The lowest BCUT2D eigenvalue weighted by molar-refractivity contribution is -0.136. The SMILES string of the molecule is C[C@H]1CCCN(Cc2cc(C(F)(F)F)c3cn(C4CC(F)CC([C@@H](C5COC5)C5NNCN5C)C4)c(=O)n3c2)C1. The number of nitrogens with zero attached hydrogens (tertiary/aromatic N) is 4. The summed E-state index contributed by atoms with van der Waals surface area (Å²) in [6.07, 6.45) is 0.237. The molecule has 12 heteroatoms. The van der Waals surface area contributed by atoms with Gasteiger partial charge in [0.15, 0.2) is 0 Å². The van der Waals surface area contributed by atoms with Crippen molar-refractivity contribution in [2.45, 2.75) is 70.1 Å². The van der Waals surface area contributed by atoms with Gasteiger partial charge in [-0.1, -0.05) is 6.92 Å². The minimum Gasteiger partial charge on any atom is -0.381 e. The van der Waals surface area contributed by atoms with E-state index in [1.54, 1.807) is 6.20 Å². The van der Waals surface area contributed by atoms with Crippen molar-refractivity contribution in [1.29, 1.82) is 0 Å². The van der Waals surface area contributed by atoms with Crippen molar-refractivity contribution in [3.8, 4) is 0 Å². The number of hydrazine groups is 1. The fourth-order valence-electron chi connectivity index (χ4n) is 7.58. The van der Waals surface area contributed by atoms with Gasteiger partial charge in [-0.3, -0.25) is 18.8 Å². The van der Waals surface area contributed by atoms with Crippen LogP contribution in [0.25, 0.3) is 5.52 Å². The van der Waals surface area contributed by atoms with Crippen LogP contribution in [-0.2, 0) is 17.5 Å². The molecule has 2 aromatic heterocycles. The molecule has 4 aliphatic rings. The molecule has 0 aromatic carbocycles. The Balaban J connectivity index is 1.33. The first-order valence-corrected chi connectivity index (χ1v) is 14.5. The molecule has 6 atom stereocenters. The van der Waals surface area contributed by atoms with Crippen LogP contribution in [0.3, 0.4) is 0 Å². The molecule has 3 saturated heterocycles. The fraction of sp³-hybridized carbons (Fsp3) is 0.750. The van der Waals surface area contributed by atoms with Crippen LogP contribution in [0.4, 0.5) is 17.6 Å². The van der Waals surface area contributed by atoms with Gasteiger partial charge in [-0.2, -0.15) is 13.2 Å². The van der Waals surface area contributed by atoms with Crippen molar-refractivity contribution in [3.05, 3.63) is 40.1 Å². The molecule has 1 aliphatic carbocycles. The van der Waals surface area contributed by atoms with Crippen LogP contribution >= 0.6 is 0 Å². The molecule has 0 radical (unpaired) electrons. The first-order chi connectivity index (χ1) is 19.1. The molecule has 6 rings (SSSR count). The first kappa shape index (κ1) is 28.1. The van der Waals surface area contributed by atoms with E-state index in [9.17, 15) is 18.0 Å². The van der Waals surface area contributed by atoms with E-state index in [2.05, 4.69) is 27.6 Å². The normalized spacial score (nSPS) is 32.0. The molecule has 0 bridgehead atoms. The van der Waals surface area contributed by atoms with Gasteiger partial charge in [-0.05, 0) is 75.1 Å². The highest BCUT2D eigenvalue weighted by atomic mass is 19.4. The number of alkyl halides is 4. The molecule has 2 aromatic rings. The number of ether oxygens (including phenoxy) is 1. The summed E-state index contributed by atoms with van der Waals surface area (Å²) >= 11 is 0. The number of imidazole rings is 1. The van der Waals surface area contributed by atoms with Gasteiger partial charge < -0.3 is 4.74 Å². The Labute approximate surface area is 231 Å². The third kappa shape index (κ3) is 5.45. The molecular weight excluding hydrogens is 528 g/mol. The maximum atomic E-state index is 15.3. The van der Waals surface area contributed by atoms with Crippen molar-refractivity contribution in [1.82, 2.24) is 29.6 Å². The predicted octanol–water partition coefficient (Wildman–Crippen LogP) is 3.62. The number of nitrogens with one attached hydrogen (secondary N) is 2. The monoisotopic (exact) mass is 568 g/mol. The summed E-state index contributed by atoms with van der Waals surface area (Å²) in [4.78, 5) is 18.0. The third-order valence-electron chi connectivity index (χ3n) is 9.53. The van der Waals surface area contributed by atoms with E-state index in [0.717, 1.165) is 30.3 Å². The standard InChI is InChI=1S/C28H40F4N6O2/c1-17-4-3-5-36(10-17)11-18-6-23(28(30,31)32)24-13-37(27(39)38(24)12-18)22-8-19(7-21(29)9-22)25(20-14-40-15-20)26-34-33-16-35(26)2/h6,12-13,17,19-22,25-26,33-34H,3-5,7-11,14-16H2,1-2H3/t17-,19?,21?,22?,25-,26?/m0/s1. The number of likely N-dealkylation sites (tertiary alicyclic amines) is 1. The van der Waals surface area contributed by atoms with Gasteiger partial charge in [0, 0.05) is 37.4 Å². The van der Waals surface area contributed by atoms with Crippen molar-refractivity contribution >= 4 is 5.52 Å². The highest BCUT2D eigenvalue weighted by Gasteiger charge is 2.46. The molecule has 222 valence electrons. The van der Waals surface area contributed by atoms with Crippen LogP contribution in [0.5, 0.6) is 0 Å². The summed E-state index contributed by atoms with van der Waals surface area (Å²) in [6.45, 7) is 6.04. The molecule has 0 spiro atoms. The maximum absolute atomic E-state index is 15.3. The van der Waals surface area contributed by atoms with Crippen LogP contribution in [0, 0.1) is 23.7 Å². The van der Waals surface area contributed by atoms with Crippen molar-refractivity contribution in [2.24, 2.45) is 23.7 Å². The van der Waals surface area contributed by atoms with E-state index in [0.29, 0.717) is 50.8 Å². The Morgan fingerprint density at radius 1 is 1.15 bits per heavy atom. The van der Waals surface area contributed by atoms with E-state index in [1.165, 1.54) is 16.8 Å². The second-order valence-corrected chi connectivity index (χ2v) is 12.6. The predicted molar refractivity (Wildman–Crippen MR) is 142 cm³/mol. The number of hydrogen-bond donors (Lipinski definition) is 2. The highest BCUT2D eigenvalue weighted by Crippen LogP contribution is 2.44. The third-order valence-corrected chi connectivity index (χ3v) is 9.53. The molecule has 40 heavy (non-hydrogen) atoms. The Kier molecular flexibility index (Phi) is 7.75. The molecule has 4 fully saturated rings. The number of pyridine rings is 1. The Morgan fingerprint density at radius 3 is 2.60 bits per heavy atom. The van der Waals surface area contributed by atoms with Gasteiger partial charge in [-0.15, -0.1) is 0 Å². The van der Waals surface area contributed by atoms with E-state index >= 15 is 4.39 Å². The van der Waals surface area contributed by atoms with E-state index in [1.807, 2.05) is 7.05 Å². The van der Waals surface area contributed by atoms with Crippen LogP contribution in [0.1, 0.15) is 56.2 Å². The average molecular weight is 569 g/mol. The zero-order valence-electron chi connectivity index (χ0n) is 23.2. The quantitative estimate of drug-likeness (QED) is 0.520. The number of halogens is 4. The molecule has 2 N–H and O–H groups in total. The number of hydrogen-bond acceptors (Lipinski definition) is 6. The highest BCUT2D eigenvalue weighted by molar-refractivity contribution is 5.56. The number of piperidine rings is 1. The second kappa shape index (κ2) is 11.0. The van der Waals surface area contributed by atoms with Gasteiger partial charge in [0.2, 0.25) is 0 Å². The minimum atomic E-state index is -4.62. The van der Waals surface area contributed by atoms with Gasteiger partial charge >= 0.3 is 11.9 Å². The molecule has 1 saturated carbocycles. The summed E-state index contributed by atoms with van der Waals surface area (Å²) in [5.41, 5.74) is 5.42. The summed E-state index contributed by atoms with van der Waals surface area (Å²) in [7, 11) is 2.00. The zero-order chi connectivity index (χ0) is 28.2. The van der Waals surface area contributed by atoms with Gasteiger partial charge in [0.1, 0.15) is 6.17 Å². The lowest BCUT2D eigenvalue weighted by atomic mass is 9.70. The minimum absolute atomic E-state index is 0.00780. The van der Waals surface area contributed by atoms with Gasteiger partial charge in [0.25, 0.3) is 0 Å². The zero-order valence-corrected chi connectivity index (χ0v) is 23.2. The van der Waals surface area contributed by atoms with Crippen molar-refractivity contribution < 1.29 is 22.3 Å². The average Bonchev–Trinajstić information content (AvgIpc) is 3.42. The van der Waals surface area contributed by atoms with E-state index < -0.39 is 29.6 Å². The van der Waals surface area contributed by atoms with Crippen molar-refractivity contribution in [3.63, 3.8) is 0 Å². The summed E-state index contributed by atoms with van der Waals surface area (Å²) in [5.74, 6) is 0.794. The summed E-state index contributed by atoms with van der Waals surface area (Å²) in [5, 5.41) is 0. The summed E-state index contributed by atoms with van der Waals surface area (Å²) in [6, 6.07) is 0.665. The van der Waals surface area contributed by atoms with Gasteiger partial charge in [0.05, 0.1) is 37.1 Å². The number of fused-ring (bicyclic) bond motifs is 1. The van der Waals surface area contributed by atoms with Crippen LogP contribution in [-0.4, -0.2) is 71.1 Å². The molecule has 8 nitrogen and oxygen atoms in total. The second-order valence-electron chi connectivity index (χ2n) is 12.6. The lowest BCUT2D eigenvalue weighted by Gasteiger charge is -2.46. The Morgan fingerprint density at radius 2 is 1.95 bits per heavy atom. The summed E-state index contributed by atoms with van der Waals surface area (Å²) < 4.78 is 66.1. The van der Waals surface area contributed by atoms with Crippen molar-refractivity contribution in [2.75, 3.05) is 40.0 Å². The molecule has 4 unspecified atom stereocenters. The molecule has 3 aliphatic heterocycles. The Hall–Kier alpha value is -1.99. The largest absolute Gasteiger partial charge is 0.418 e. The smallest absolute Gasteiger partial charge is 0.381 e. The van der Waals surface area contributed by atoms with E-state index in [4.69, 9.17) is 4.74 Å². The van der Waals surface area contributed by atoms with E-state index in [-0.39, 0.29) is 35.9 Å². The van der Waals surface area contributed by atoms with Crippen LogP contribution < -0.4 is 16.5 Å².